The predicted molar refractivity (Wildman–Crippen MR) is 158 cm³/mol. The molecule has 0 aliphatic carbocycles. The first-order chi connectivity index (χ1) is 18.1. The van der Waals surface area contributed by atoms with Gasteiger partial charge in [-0.3, -0.25) is 9.59 Å². The van der Waals surface area contributed by atoms with Gasteiger partial charge in [0.15, 0.2) is 0 Å². The molecule has 0 bridgehead atoms. The van der Waals surface area contributed by atoms with Crippen LogP contribution < -0.4 is 21.3 Å². The van der Waals surface area contributed by atoms with Crippen LogP contribution in [0, 0.1) is 13.8 Å². The molecule has 4 aromatic rings. The molecule has 0 radical (unpaired) electrons. The van der Waals surface area contributed by atoms with Gasteiger partial charge in [0.05, 0.1) is 39.0 Å². The van der Waals surface area contributed by atoms with E-state index in [0.717, 1.165) is 11.1 Å². The van der Waals surface area contributed by atoms with Crippen molar-refractivity contribution in [1.82, 2.24) is 4.98 Å². The summed E-state index contributed by atoms with van der Waals surface area (Å²) in [7, 11) is 1.79. The van der Waals surface area contributed by atoms with Crippen LogP contribution in [0.25, 0.3) is 16.6 Å². The van der Waals surface area contributed by atoms with Crippen molar-refractivity contribution in [3.8, 4) is 0 Å². The number of nitrogens with one attached hydrogen (secondary N) is 2. The molecular formula is C29H24ClN5O2S. The van der Waals surface area contributed by atoms with Crippen LogP contribution in [-0.4, -0.2) is 28.8 Å². The minimum atomic E-state index is -0.382. The standard InChI is InChI=1S/C29H24ClN5O2S/c1-14-5-9-17(10-6-14)27(36)33-24-22(30)25(34-28(37)18-11-7-15(2)8-12-18)26-21-19(29(38)35(26)4)13-20(16(3)31)32-23(21)24/h5-13H,3,31H2,1-2,4H3,(H,33,36)(H,34,37). The Kier molecular flexibility index (Phi) is 6.38. The Bertz CT molecular complexity index is 1680. The highest BCUT2D eigenvalue weighted by Crippen LogP contribution is 2.50. The number of hydrogen-bond acceptors (Lipinski definition) is 5. The van der Waals surface area contributed by atoms with Crippen LogP contribution in [0.4, 0.5) is 17.1 Å². The van der Waals surface area contributed by atoms with Gasteiger partial charge >= 0.3 is 0 Å². The number of aromatic nitrogens is 1. The minimum absolute atomic E-state index is 0.114. The number of nitrogens with two attached hydrogens (primary N) is 1. The summed E-state index contributed by atoms with van der Waals surface area (Å²) >= 11 is 12.7. The van der Waals surface area contributed by atoms with Crippen molar-refractivity contribution in [3.63, 3.8) is 0 Å². The molecule has 190 valence electrons. The quantitative estimate of drug-likeness (QED) is 0.265. The number of aryl methyl sites for hydroxylation is 2. The maximum Gasteiger partial charge on any atom is 0.255 e. The first-order valence-electron chi connectivity index (χ1n) is 11.8. The Labute approximate surface area is 230 Å². The first-order valence-corrected chi connectivity index (χ1v) is 12.5. The smallest absolute Gasteiger partial charge is 0.255 e. The van der Waals surface area contributed by atoms with Crippen molar-refractivity contribution in [1.29, 1.82) is 0 Å². The highest BCUT2D eigenvalue weighted by atomic mass is 35.5. The summed E-state index contributed by atoms with van der Waals surface area (Å²) in [5, 5.41) is 6.62. The molecule has 0 unspecified atom stereocenters. The van der Waals surface area contributed by atoms with Crippen LogP contribution >= 0.6 is 23.8 Å². The number of anilines is 3. The molecule has 1 aromatic heterocycles. The molecule has 9 heteroatoms. The molecule has 0 saturated carbocycles. The van der Waals surface area contributed by atoms with E-state index in [1.54, 1.807) is 42.3 Å². The topological polar surface area (TPSA) is 100 Å². The lowest BCUT2D eigenvalue weighted by molar-refractivity contribution is 0.101. The van der Waals surface area contributed by atoms with E-state index in [-0.39, 0.29) is 28.2 Å². The van der Waals surface area contributed by atoms with Gasteiger partial charge in [-0.05, 0) is 44.2 Å². The lowest BCUT2D eigenvalue weighted by Crippen LogP contribution is -2.22. The highest BCUT2D eigenvalue weighted by molar-refractivity contribution is 7.81. The Morgan fingerprint density at radius 2 is 1.45 bits per heavy atom. The SMILES string of the molecule is C=C(N)c1cc2c3c(c(NC(=O)c4ccc(C)cc4)c(Cl)c(NC(=O)c4ccc(C)cc4)c3n1)N(C)C2=S. The van der Waals surface area contributed by atoms with Crippen LogP contribution in [0.3, 0.4) is 0 Å². The number of thiocarbonyl (C=S) groups is 1. The molecule has 5 rings (SSSR count). The monoisotopic (exact) mass is 541 g/mol. The van der Waals surface area contributed by atoms with Crippen molar-refractivity contribution in [2.75, 3.05) is 22.6 Å². The number of hydrogen-bond donors (Lipinski definition) is 3. The molecule has 4 N–H and O–H groups in total. The van der Waals surface area contributed by atoms with E-state index in [9.17, 15) is 9.59 Å². The number of benzene rings is 3. The van der Waals surface area contributed by atoms with Gasteiger partial charge in [0.2, 0.25) is 0 Å². The summed E-state index contributed by atoms with van der Waals surface area (Å²) < 4.78 is 0. The maximum absolute atomic E-state index is 13.3. The third kappa shape index (κ3) is 4.27. The zero-order chi connectivity index (χ0) is 27.3. The molecule has 0 spiro atoms. The predicted octanol–water partition coefficient (Wildman–Crippen LogP) is 6.06. The number of nitrogens with zero attached hydrogens (tertiary/aromatic N) is 2. The summed E-state index contributed by atoms with van der Waals surface area (Å²) in [6.07, 6.45) is 0. The van der Waals surface area contributed by atoms with Gasteiger partial charge in [0, 0.05) is 29.1 Å². The highest BCUT2D eigenvalue weighted by Gasteiger charge is 2.34. The van der Waals surface area contributed by atoms with Gasteiger partial charge in [-0.1, -0.05) is 65.8 Å². The van der Waals surface area contributed by atoms with Gasteiger partial charge in [0.1, 0.15) is 4.99 Å². The molecule has 0 atom stereocenters. The van der Waals surface area contributed by atoms with E-state index in [4.69, 9.17) is 34.5 Å². The van der Waals surface area contributed by atoms with Gasteiger partial charge in [-0.2, -0.15) is 0 Å². The van der Waals surface area contributed by atoms with Gasteiger partial charge in [0.25, 0.3) is 11.8 Å². The average molecular weight is 542 g/mol. The van der Waals surface area contributed by atoms with Crippen LogP contribution in [-0.2, 0) is 0 Å². The van der Waals surface area contributed by atoms with E-state index in [1.165, 1.54) is 0 Å². The number of carbonyl (C=O) groups is 2. The normalized spacial score (nSPS) is 12.1. The number of carbonyl (C=O) groups excluding carboxylic acids is 2. The van der Waals surface area contributed by atoms with Crippen molar-refractivity contribution in [3.05, 3.63) is 99.7 Å². The van der Waals surface area contributed by atoms with Crippen molar-refractivity contribution in [2.24, 2.45) is 5.73 Å². The van der Waals surface area contributed by atoms with Crippen LogP contribution in [0.2, 0.25) is 5.02 Å². The van der Waals surface area contributed by atoms with E-state index in [1.807, 2.05) is 38.1 Å². The van der Waals surface area contributed by atoms with Crippen molar-refractivity contribution < 1.29 is 9.59 Å². The second-order valence-electron chi connectivity index (χ2n) is 9.22. The zero-order valence-electron chi connectivity index (χ0n) is 21.0. The Morgan fingerprint density at radius 3 is 1.95 bits per heavy atom. The third-order valence-corrected chi connectivity index (χ3v) is 7.34. The Balaban J connectivity index is 1.73. The van der Waals surface area contributed by atoms with E-state index in [0.29, 0.717) is 49.7 Å². The minimum Gasteiger partial charge on any atom is -0.397 e. The summed E-state index contributed by atoms with van der Waals surface area (Å²) in [6.45, 7) is 7.70. The van der Waals surface area contributed by atoms with E-state index >= 15 is 0 Å². The second-order valence-corrected chi connectivity index (χ2v) is 9.99. The molecule has 3 aromatic carbocycles. The average Bonchev–Trinajstić information content (AvgIpc) is 3.14. The molecule has 0 fully saturated rings. The summed E-state index contributed by atoms with van der Waals surface area (Å²) in [6, 6.07) is 16.1. The molecular weight excluding hydrogens is 518 g/mol. The largest absolute Gasteiger partial charge is 0.397 e. The third-order valence-electron chi connectivity index (χ3n) is 6.47. The summed E-state index contributed by atoms with van der Waals surface area (Å²) in [5.41, 5.74) is 11.8. The fourth-order valence-electron chi connectivity index (χ4n) is 4.38. The number of amides is 2. The number of pyridine rings is 1. The molecule has 1 aliphatic heterocycles. The fraction of sp³-hybridized carbons (Fsp3) is 0.103. The lowest BCUT2D eigenvalue weighted by atomic mass is 10.0. The van der Waals surface area contributed by atoms with E-state index in [2.05, 4.69) is 17.2 Å². The molecule has 7 nitrogen and oxygen atoms in total. The summed E-state index contributed by atoms with van der Waals surface area (Å²) in [4.78, 5) is 33.5. The molecule has 1 aliphatic rings. The maximum atomic E-state index is 13.3. The van der Waals surface area contributed by atoms with Gasteiger partial charge < -0.3 is 21.3 Å². The molecule has 2 amide bonds. The molecule has 38 heavy (non-hydrogen) atoms. The second kappa shape index (κ2) is 9.55. The van der Waals surface area contributed by atoms with Gasteiger partial charge in [-0.15, -0.1) is 0 Å². The Morgan fingerprint density at radius 1 is 0.947 bits per heavy atom. The van der Waals surface area contributed by atoms with Crippen LogP contribution in [0.15, 0.2) is 61.2 Å². The van der Waals surface area contributed by atoms with Crippen LogP contribution in [0.1, 0.15) is 43.1 Å². The van der Waals surface area contributed by atoms with Gasteiger partial charge in [-0.25, -0.2) is 4.98 Å². The van der Waals surface area contributed by atoms with E-state index < -0.39 is 0 Å². The van der Waals surface area contributed by atoms with Crippen molar-refractivity contribution >= 4 is 74.3 Å². The number of halogens is 1. The summed E-state index contributed by atoms with van der Waals surface area (Å²) in [5.74, 6) is -0.738. The Hall–Kier alpha value is -4.27. The fourth-order valence-corrected chi connectivity index (χ4v) is 4.91. The van der Waals surface area contributed by atoms with Crippen molar-refractivity contribution in [2.45, 2.75) is 13.8 Å². The first kappa shape index (κ1) is 25.4. The lowest BCUT2D eigenvalue weighted by Gasteiger charge is -2.21. The zero-order valence-corrected chi connectivity index (χ0v) is 22.6. The number of rotatable bonds is 5. The molecule has 0 saturated heterocycles. The molecule has 2 heterocycles. The van der Waals surface area contributed by atoms with Crippen LogP contribution in [0.5, 0.6) is 0 Å².